The lowest BCUT2D eigenvalue weighted by atomic mass is 10.1. The van der Waals surface area contributed by atoms with Crippen molar-refractivity contribution in [3.63, 3.8) is 0 Å². The number of benzene rings is 2. The quantitative estimate of drug-likeness (QED) is 0.636. The van der Waals surface area contributed by atoms with Crippen LogP contribution in [-0.4, -0.2) is 70.3 Å². The fourth-order valence-corrected chi connectivity index (χ4v) is 3.34. The maximum Gasteiger partial charge on any atom is 0.254 e. The van der Waals surface area contributed by atoms with Crippen LogP contribution in [0.5, 0.6) is 11.5 Å². The predicted octanol–water partition coefficient (Wildman–Crippen LogP) is 1.95. The van der Waals surface area contributed by atoms with Crippen molar-refractivity contribution in [3.05, 3.63) is 53.6 Å². The summed E-state index contributed by atoms with van der Waals surface area (Å²) in [5, 5.41) is 5.97. The number of rotatable bonds is 9. The smallest absolute Gasteiger partial charge is 0.254 e. The lowest BCUT2D eigenvalue weighted by Crippen LogP contribution is -2.40. The molecule has 1 aliphatic rings. The van der Waals surface area contributed by atoms with E-state index in [4.69, 9.17) is 14.2 Å². The predicted molar refractivity (Wildman–Crippen MR) is 118 cm³/mol. The Balaban J connectivity index is 1.45. The van der Waals surface area contributed by atoms with Gasteiger partial charge in [-0.25, -0.2) is 0 Å². The molecule has 8 nitrogen and oxygen atoms in total. The molecule has 1 heterocycles. The molecule has 2 aromatic carbocycles. The van der Waals surface area contributed by atoms with Gasteiger partial charge in [0.2, 0.25) is 5.91 Å². The van der Waals surface area contributed by atoms with Crippen LogP contribution in [0, 0.1) is 0 Å². The van der Waals surface area contributed by atoms with E-state index < -0.39 is 0 Å². The molecule has 0 aromatic heterocycles. The Bertz CT molecular complexity index is 897. The number of morpholine rings is 1. The van der Waals surface area contributed by atoms with Crippen molar-refractivity contribution in [1.82, 2.24) is 10.2 Å². The first-order valence-electron chi connectivity index (χ1n) is 10.3. The monoisotopic (exact) mass is 427 g/mol. The van der Waals surface area contributed by atoms with Gasteiger partial charge < -0.3 is 29.7 Å². The summed E-state index contributed by atoms with van der Waals surface area (Å²) in [7, 11) is 3.19. The van der Waals surface area contributed by atoms with Gasteiger partial charge in [-0.1, -0.05) is 12.1 Å². The summed E-state index contributed by atoms with van der Waals surface area (Å²) in [4.78, 5) is 26.6. The second-order valence-corrected chi connectivity index (χ2v) is 7.13. The zero-order valence-electron chi connectivity index (χ0n) is 18.0. The minimum Gasteiger partial charge on any atom is -0.493 e. The average Bonchev–Trinajstić information content (AvgIpc) is 2.83. The second kappa shape index (κ2) is 11.2. The fourth-order valence-electron chi connectivity index (χ4n) is 3.34. The summed E-state index contributed by atoms with van der Waals surface area (Å²) in [6, 6.07) is 12.9. The van der Waals surface area contributed by atoms with Crippen molar-refractivity contribution in [2.75, 3.05) is 58.9 Å². The van der Waals surface area contributed by atoms with Gasteiger partial charge in [-0.05, 0) is 42.3 Å². The van der Waals surface area contributed by atoms with E-state index in [2.05, 4.69) is 10.6 Å². The molecular formula is C23H29N3O5. The van der Waals surface area contributed by atoms with Crippen LogP contribution in [0.25, 0.3) is 0 Å². The first-order valence-corrected chi connectivity index (χ1v) is 10.3. The molecule has 31 heavy (non-hydrogen) atoms. The van der Waals surface area contributed by atoms with Crippen LogP contribution in [0.15, 0.2) is 42.5 Å². The van der Waals surface area contributed by atoms with Crippen LogP contribution in [-0.2, 0) is 16.0 Å². The molecule has 0 aliphatic carbocycles. The summed E-state index contributed by atoms with van der Waals surface area (Å²) in [6.45, 7) is 2.95. The van der Waals surface area contributed by atoms with Gasteiger partial charge in [-0.15, -0.1) is 0 Å². The number of nitrogens with zero attached hydrogens (tertiary/aromatic N) is 1. The molecule has 1 saturated heterocycles. The molecular weight excluding hydrogens is 398 g/mol. The van der Waals surface area contributed by atoms with Crippen molar-refractivity contribution in [3.8, 4) is 11.5 Å². The van der Waals surface area contributed by atoms with Gasteiger partial charge >= 0.3 is 0 Å². The lowest BCUT2D eigenvalue weighted by Gasteiger charge is -2.27. The minimum atomic E-state index is -0.120. The summed E-state index contributed by atoms with van der Waals surface area (Å²) in [5.74, 6) is 1.20. The van der Waals surface area contributed by atoms with Crippen LogP contribution in [0.2, 0.25) is 0 Å². The maximum absolute atomic E-state index is 12.6. The van der Waals surface area contributed by atoms with E-state index in [1.807, 2.05) is 30.3 Å². The molecule has 0 radical (unpaired) electrons. The van der Waals surface area contributed by atoms with Gasteiger partial charge in [0.25, 0.3) is 5.91 Å². The van der Waals surface area contributed by atoms with Gasteiger partial charge in [-0.2, -0.15) is 0 Å². The molecule has 1 aliphatic heterocycles. The lowest BCUT2D eigenvalue weighted by molar-refractivity contribution is -0.119. The van der Waals surface area contributed by atoms with Crippen molar-refractivity contribution in [2.45, 2.75) is 6.42 Å². The number of ether oxygens (including phenoxy) is 3. The van der Waals surface area contributed by atoms with Crippen LogP contribution in [0.3, 0.4) is 0 Å². The molecule has 166 valence electrons. The SMILES string of the molecule is COc1ccc(CCNC(=O)CNc2cccc(C(=O)N3CCOCC3)c2)cc1OC. The Labute approximate surface area is 182 Å². The minimum absolute atomic E-state index is 0.0219. The third kappa shape index (κ3) is 6.36. The Morgan fingerprint density at radius 3 is 2.55 bits per heavy atom. The molecule has 2 amide bonds. The first-order chi connectivity index (χ1) is 15.1. The van der Waals surface area contributed by atoms with Crippen LogP contribution < -0.4 is 20.1 Å². The van der Waals surface area contributed by atoms with E-state index in [0.717, 1.165) is 11.3 Å². The van der Waals surface area contributed by atoms with Crippen molar-refractivity contribution in [1.29, 1.82) is 0 Å². The number of carbonyl (C=O) groups excluding carboxylic acids is 2. The van der Waals surface area contributed by atoms with Crippen LogP contribution in [0.1, 0.15) is 15.9 Å². The molecule has 3 rings (SSSR count). The Morgan fingerprint density at radius 2 is 1.81 bits per heavy atom. The molecule has 2 N–H and O–H groups in total. The highest BCUT2D eigenvalue weighted by atomic mass is 16.5. The molecule has 0 spiro atoms. The van der Waals surface area contributed by atoms with E-state index in [0.29, 0.717) is 56.3 Å². The molecule has 0 bridgehead atoms. The Kier molecular flexibility index (Phi) is 8.12. The third-order valence-electron chi connectivity index (χ3n) is 5.04. The first kappa shape index (κ1) is 22.4. The van der Waals surface area contributed by atoms with Gasteiger partial charge in [0, 0.05) is 30.9 Å². The summed E-state index contributed by atoms with van der Waals surface area (Å²) in [6.07, 6.45) is 0.676. The highest BCUT2D eigenvalue weighted by Crippen LogP contribution is 2.27. The number of anilines is 1. The highest BCUT2D eigenvalue weighted by molar-refractivity contribution is 5.95. The summed E-state index contributed by atoms with van der Waals surface area (Å²) < 4.78 is 15.8. The van der Waals surface area contributed by atoms with E-state index in [-0.39, 0.29) is 18.4 Å². The van der Waals surface area contributed by atoms with Crippen molar-refractivity contribution in [2.24, 2.45) is 0 Å². The summed E-state index contributed by atoms with van der Waals surface area (Å²) in [5.41, 5.74) is 2.37. The van der Waals surface area contributed by atoms with Crippen LogP contribution >= 0.6 is 0 Å². The van der Waals surface area contributed by atoms with E-state index in [1.165, 1.54) is 0 Å². The van der Waals surface area contributed by atoms with Crippen molar-refractivity contribution < 1.29 is 23.8 Å². The number of methoxy groups -OCH3 is 2. The summed E-state index contributed by atoms with van der Waals surface area (Å²) >= 11 is 0. The Hall–Kier alpha value is -3.26. The number of nitrogens with one attached hydrogen (secondary N) is 2. The van der Waals surface area contributed by atoms with Crippen molar-refractivity contribution >= 4 is 17.5 Å². The topological polar surface area (TPSA) is 89.1 Å². The number of amides is 2. The van der Waals surface area contributed by atoms with Gasteiger partial charge in [0.1, 0.15) is 0 Å². The zero-order chi connectivity index (χ0) is 22.1. The number of hydrogen-bond acceptors (Lipinski definition) is 6. The molecule has 8 heteroatoms. The zero-order valence-corrected chi connectivity index (χ0v) is 18.0. The number of hydrogen-bond donors (Lipinski definition) is 2. The van der Waals surface area contributed by atoms with E-state index >= 15 is 0 Å². The normalized spacial score (nSPS) is 13.4. The number of carbonyl (C=O) groups is 2. The van der Waals surface area contributed by atoms with Gasteiger partial charge in [-0.3, -0.25) is 9.59 Å². The fraction of sp³-hybridized carbons (Fsp3) is 0.391. The van der Waals surface area contributed by atoms with Gasteiger partial charge in [0.15, 0.2) is 11.5 Å². The highest BCUT2D eigenvalue weighted by Gasteiger charge is 2.18. The molecule has 0 atom stereocenters. The van der Waals surface area contributed by atoms with Crippen LogP contribution in [0.4, 0.5) is 5.69 Å². The second-order valence-electron chi connectivity index (χ2n) is 7.13. The van der Waals surface area contributed by atoms with E-state index in [1.54, 1.807) is 31.3 Å². The standard InChI is InChI=1S/C23H29N3O5/c1-29-20-7-6-17(14-21(20)30-2)8-9-24-22(27)16-25-19-5-3-4-18(15-19)23(28)26-10-12-31-13-11-26/h3-7,14-15,25H,8-13,16H2,1-2H3,(H,24,27). The molecule has 0 unspecified atom stereocenters. The Morgan fingerprint density at radius 1 is 1.03 bits per heavy atom. The van der Waals surface area contributed by atoms with E-state index in [9.17, 15) is 9.59 Å². The molecule has 2 aromatic rings. The maximum atomic E-state index is 12.6. The largest absolute Gasteiger partial charge is 0.493 e. The average molecular weight is 428 g/mol. The molecule has 0 saturated carbocycles. The van der Waals surface area contributed by atoms with Gasteiger partial charge in [0.05, 0.1) is 34.0 Å². The molecule has 1 fully saturated rings. The third-order valence-corrected chi connectivity index (χ3v) is 5.04.